The molecule has 0 spiro atoms. The summed E-state index contributed by atoms with van der Waals surface area (Å²) in [6.07, 6.45) is 3.13. The summed E-state index contributed by atoms with van der Waals surface area (Å²) in [5, 5.41) is 4.47. The lowest BCUT2D eigenvalue weighted by molar-refractivity contribution is 0.247. The molecule has 1 aromatic heterocycles. The molecule has 0 bridgehead atoms. The van der Waals surface area contributed by atoms with Gasteiger partial charge in [0.05, 0.1) is 5.69 Å². The Morgan fingerprint density at radius 3 is 2.78 bits per heavy atom. The fourth-order valence-electron chi connectivity index (χ4n) is 2.69. The van der Waals surface area contributed by atoms with Crippen molar-refractivity contribution in [1.82, 2.24) is 14.7 Å². The lowest BCUT2D eigenvalue weighted by Crippen LogP contribution is -2.30. The Morgan fingerprint density at radius 1 is 1.22 bits per heavy atom. The molecule has 0 amide bonds. The first-order valence-corrected chi connectivity index (χ1v) is 6.48. The standard InChI is InChI=1S/C15H19N3/c1-11-14-5-4-13(15-7-9-18(3)16-15)10-12(14)6-8-17(11)2/h4-5,7,9-11H,6,8H2,1-3H3. The lowest BCUT2D eigenvalue weighted by atomic mass is 9.92. The number of benzene rings is 1. The maximum absolute atomic E-state index is 4.47. The van der Waals surface area contributed by atoms with E-state index in [1.54, 1.807) is 0 Å². The van der Waals surface area contributed by atoms with Gasteiger partial charge in [-0.05, 0) is 43.7 Å². The van der Waals surface area contributed by atoms with Crippen LogP contribution in [0.25, 0.3) is 11.3 Å². The molecule has 3 heteroatoms. The van der Waals surface area contributed by atoms with E-state index in [2.05, 4.69) is 48.2 Å². The summed E-state index contributed by atoms with van der Waals surface area (Å²) in [6.45, 7) is 3.41. The maximum Gasteiger partial charge on any atom is 0.0923 e. The predicted molar refractivity (Wildman–Crippen MR) is 73.4 cm³/mol. The van der Waals surface area contributed by atoms with E-state index in [4.69, 9.17) is 0 Å². The molecule has 1 atom stereocenters. The molecule has 1 aliphatic heterocycles. The minimum atomic E-state index is 0.520. The second kappa shape index (κ2) is 4.25. The van der Waals surface area contributed by atoms with E-state index in [9.17, 15) is 0 Å². The van der Waals surface area contributed by atoms with Crippen LogP contribution in [0.3, 0.4) is 0 Å². The Morgan fingerprint density at radius 2 is 2.06 bits per heavy atom. The van der Waals surface area contributed by atoms with Gasteiger partial charge in [0.25, 0.3) is 0 Å². The van der Waals surface area contributed by atoms with Gasteiger partial charge < -0.3 is 0 Å². The first-order chi connectivity index (χ1) is 8.65. The number of nitrogens with zero attached hydrogens (tertiary/aromatic N) is 3. The number of rotatable bonds is 1. The van der Waals surface area contributed by atoms with Crippen molar-refractivity contribution in [3.63, 3.8) is 0 Å². The van der Waals surface area contributed by atoms with E-state index in [-0.39, 0.29) is 0 Å². The number of fused-ring (bicyclic) bond motifs is 1. The molecule has 0 saturated heterocycles. The zero-order valence-corrected chi connectivity index (χ0v) is 11.2. The van der Waals surface area contributed by atoms with E-state index in [0.29, 0.717) is 6.04 Å². The third-order valence-corrected chi connectivity index (χ3v) is 4.00. The highest BCUT2D eigenvalue weighted by atomic mass is 15.2. The fourth-order valence-corrected chi connectivity index (χ4v) is 2.69. The molecular weight excluding hydrogens is 222 g/mol. The average Bonchev–Trinajstić information content (AvgIpc) is 2.80. The van der Waals surface area contributed by atoms with Crippen LogP contribution < -0.4 is 0 Å². The predicted octanol–water partition coefficient (Wildman–Crippen LogP) is 2.64. The summed E-state index contributed by atoms with van der Waals surface area (Å²) in [7, 11) is 4.15. The van der Waals surface area contributed by atoms with Gasteiger partial charge in [0.15, 0.2) is 0 Å². The molecule has 1 aromatic carbocycles. The van der Waals surface area contributed by atoms with Crippen LogP contribution >= 0.6 is 0 Å². The molecule has 0 N–H and O–H groups in total. The van der Waals surface area contributed by atoms with Crippen molar-refractivity contribution < 1.29 is 0 Å². The third kappa shape index (κ3) is 1.85. The first-order valence-electron chi connectivity index (χ1n) is 6.48. The summed E-state index contributed by atoms with van der Waals surface area (Å²) in [5.74, 6) is 0. The molecule has 3 rings (SSSR count). The Balaban J connectivity index is 2.01. The molecule has 0 saturated carbocycles. The molecule has 0 fully saturated rings. The highest BCUT2D eigenvalue weighted by molar-refractivity contribution is 5.61. The molecule has 2 aromatic rings. The van der Waals surface area contributed by atoms with Crippen molar-refractivity contribution in [1.29, 1.82) is 0 Å². The minimum absolute atomic E-state index is 0.520. The summed E-state index contributed by atoms with van der Waals surface area (Å²) in [5.41, 5.74) is 5.23. The third-order valence-electron chi connectivity index (χ3n) is 4.00. The van der Waals surface area contributed by atoms with Crippen LogP contribution in [0.4, 0.5) is 0 Å². The topological polar surface area (TPSA) is 21.1 Å². The van der Waals surface area contributed by atoms with Gasteiger partial charge in [0, 0.05) is 31.4 Å². The van der Waals surface area contributed by atoms with Gasteiger partial charge in [0.1, 0.15) is 0 Å². The van der Waals surface area contributed by atoms with E-state index in [1.165, 1.54) is 16.7 Å². The molecule has 1 aliphatic rings. The summed E-state index contributed by atoms with van der Waals surface area (Å²) >= 11 is 0. The van der Waals surface area contributed by atoms with Crippen LogP contribution in [0.5, 0.6) is 0 Å². The fraction of sp³-hybridized carbons (Fsp3) is 0.400. The van der Waals surface area contributed by atoms with E-state index >= 15 is 0 Å². The summed E-state index contributed by atoms with van der Waals surface area (Å²) in [4.78, 5) is 2.41. The van der Waals surface area contributed by atoms with Crippen LogP contribution in [-0.2, 0) is 13.5 Å². The summed E-state index contributed by atoms with van der Waals surface area (Å²) in [6, 6.07) is 9.35. The Bertz CT molecular complexity index is 571. The highest BCUT2D eigenvalue weighted by Crippen LogP contribution is 2.31. The molecule has 1 unspecified atom stereocenters. The minimum Gasteiger partial charge on any atom is -0.299 e. The maximum atomic E-state index is 4.47. The van der Waals surface area contributed by atoms with Crippen LogP contribution in [0, 0.1) is 0 Å². The van der Waals surface area contributed by atoms with Crippen molar-refractivity contribution in [2.24, 2.45) is 7.05 Å². The highest BCUT2D eigenvalue weighted by Gasteiger charge is 2.21. The van der Waals surface area contributed by atoms with Gasteiger partial charge in [0.2, 0.25) is 0 Å². The quantitative estimate of drug-likeness (QED) is 0.765. The van der Waals surface area contributed by atoms with E-state index in [0.717, 1.165) is 18.7 Å². The molecule has 0 aliphatic carbocycles. The second-order valence-corrected chi connectivity index (χ2v) is 5.19. The van der Waals surface area contributed by atoms with Crippen LogP contribution in [0.15, 0.2) is 30.5 Å². The largest absolute Gasteiger partial charge is 0.299 e. The van der Waals surface area contributed by atoms with Crippen LogP contribution in [-0.4, -0.2) is 28.3 Å². The summed E-state index contributed by atoms with van der Waals surface area (Å²) < 4.78 is 1.85. The number of aryl methyl sites for hydroxylation is 1. The second-order valence-electron chi connectivity index (χ2n) is 5.19. The van der Waals surface area contributed by atoms with Crippen molar-refractivity contribution >= 4 is 0 Å². The van der Waals surface area contributed by atoms with Gasteiger partial charge >= 0.3 is 0 Å². The monoisotopic (exact) mass is 241 g/mol. The van der Waals surface area contributed by atoms with Gasteiger partial charge in [-0.2, -0.15) is 5.10 Å². The molecule has 0 radical (unpaired) electrons. The average molecular weight is 241 g/mol. The number of likely N-dealkylation sites (N-methyl/N-ethyl adjacent to an activating group) is 1. The van der Waals surface area contributed by atoms with Gasteiger partial charge in [-0.1, -0.05) is 12.1 Å². The number of hydrogen-bond acceptors (Lipinski definition) is 2. The van der Waals surface area contributed by atoms with E-state index < -0.39 is 0 Å². The van der Waals surface area contributed by atoms with Gasteiger partial charge in [-0.3, -0.25) is 9.58 Å². The number of hydrogen-bond donors (Lipinski definition) is 0. The van der Waals surface area contributed by atoms with Crippen LogP contribution in [0.2, 0.25) is 0 Å². The normalized spacial score (nSPS) is 19.8. The number of aromatic nitrogens is 2. The van der Waals surface area contributed by atoms with Crippen molar-refractivity contribution in [2.45, 2.75) is 19.4 Å². The zero-order chi connectivity index (χ0) is 12.7. The van der Waals surface area contributed by atoms with E-state index in [1.807, 2.05) is 17.9 Å². The SMILES string of the molecule is CC1c2ccc(-c3ccn(C)n3)cc2CCN1C. The molecule has 18 heavy (non-hydrogen) atoms. The Kier molecular flexibility index (Phi) is 2.71. The van der Waals surface area contributed by atoms with Crippen molar-refractivity contribution in [3.8, 4) is 11.3 Å². The van der Waals surface area contributed by atoms with Gasteiger partial charge in [-0.15, -0.1) is 0 Å². The molecule has 3 nitrogen and oxygen atoms in total. The smallest absolute Gasteiger partial charge is 0.0923 e. The zero-order valence-electron chi connectivity index (χ0n) is 11.2. The lowest BCUT2D eigenvalue weighted by Gasteiger charge is -2.32. The van der Waals surface area contributed by atoms with Crippen LogP contribution in [0.1, 0.15) is 24.1 Å². The first kappa shape index (κ1) is 11.5. The molecular formula is C15H19N3. The van der Waals surface area contributed by atoms with Crippen molar-refractivity contribution in [3.05, 3.63) is 41.6 Å². The Hall–Kier alpha value is -1.61. The van der Waals surface area contributed by atoms with Crippen molar-refractivity contribution in [2.75, 3.05) is 13.6 Å². The molecule has 94 valence electrons. The molecule has 2 heterocycles. The van der Waals surface area contributed by atoms with Gasteiger partial charge in [-0.25, -0.2) is 0 Å². The Labute approximate surface area is 108 Å².